The molecule has 3 heteroatoms. The first kappa shape index (κ1) is 14.4. The molecule has 3 aliphatic rings. The lowest BCUT2D eigenvalue weighted by Crippen LogP contribution is -2.58. The van der Waals surface area contributed by atoms with Crippen LogP contribution >= 0.6 is 0 Å². The Hall–Kier alpha value is -0.570. The summed E-state index contributed by atoms with van der Waals surface area (Å²) in [5.74, 6) is 1.03. The minimum absolute atomic E-state index is 0.00376. The number of esters is 1. The number of ether oxygens (including phenoxy) is 2. The van der Waals surface area contributed by atoms with Crippen LogP contribution in [0.1, 0.15) is 59.3 Å². The van der Waals surface area contributed by atoms with E-state index in [0.29, 0.717) is 11.8 Å². The van der Waals surface area contributed by atoms with Gasteiger partial charge in [0.25, 0.3) is 0 Å². The molecule has 0 aromatic rings. The molecule has 0 aromatic carbocycles. The van der Waals surface area contributed by atoms with Crippen LogP contribution in [-0.2, 0) is 14.3 Å². The number of fused-ring (bicyclic) bond motifs is 3. The molecule has 0 spiro atoms. The molecule has 3 rings (SSSR count). The molecule has 114 valence electrons. The molecule has 0 unspecified atom stereocenters. The van der Waals surface area contributed by atoms with Crippen LogP contribution in [0.2, 0.25) is 0 Å². The average molecular weight is 280 g/mol. The van der Waals surface area contributed by atoms with Crippen molar-refractivity contribution in [2.45, 2.75) is 64.9 Å². The molecule has 1 heterocycles. The summed E-state index contributed by atoms with van der Waals surface area (Å²) >= 11 is 0. The second kappa shape index (κ2) is 4.46. The summed E-state index contributed by atoms with van der Waals surface area (Å²) in [6, 6.07) is 0. The van der Waals surface area contributed by atoms with Gasteiger partial charge in [-0.1, -0.05) is 13.3 Å². The molecule has 3 nitrogen and oxygen atoms in total. The fourth-order valence-corrected chi connectivity index (χ4v) is 5.98. The molecule has 2 aliphatic carbocycles. The lowest BCUT2D eigenvalue weighted by Gasteiger charge is -2.59. The van der Waals surface area contributed by atoms with Crippen molar-refractivity contribution >= 4 is 5.97 Å². The highest BCUT2D eigenvalue weighted by Gasteiger charge is 2.63. The molecule has 3 fully saturated rings. The van der Waals surface area contributed by atoms with Crippen LogP contribution in [0, 0.1) is 22.7 Å². The van der Waals surface area contributed by atoms with Crippen LogP contribution in [0.3, 0.4) is 0 Å². The van der Waals surface area contributed by atoms with Crippen molar-refractivity contribution in [1.82, 2.24) is 0 Å². The number of carbonyl (C=O) groups is 1. The van der Waals surface area contributed by atoms with Crippen LogP contribution < -0.4 is 0 Å². The van der Waals surface area contributed by atoms with Gasteiger partial charge in [-0.05, 0) is 63.2 Å². The normalized spacial score (nSPS) is 51.2. The van der Waals surface area contributed by atoms with Gasteiger partial charge in [0, 0.05) is 6.61 Å². The smallest absolute Gasteiger partial charge is 0.311 e. The predicted octanol–water partition coefficient (Wildman–Crippen LogP) is 3.56. The zero-order chi connectivity index (χ0) is 14.6. The Morgan fingerprint density at radius 3 is 2.55 bits per heavy atom. The van der Waals surface area contributed by atoms with Gasteiger partial charge in [-0.2, -0.15) is 0 Å². The lowest BCUT2D eigenvalue weighted by molar-refractivity contribution is -0.183. The Labute approximate surface area is 122 Å². The van der Waals surface area contributed by atoms with E-state index in [0.717, 1.165) is 38.7 Å². The Morgan fingerprint density at radius 2 is 1.85 bits per heavy atom. The maximum atomic E-state index is 12.4. The van der Waals surface area contributed by atoms with Crippen LogP contribution in [0.25, 0.3) is 0 Å². The van der Waals surface area contributed by atoms with Crippen molar-refractivity contribution in [3.05, 3.63) is 0 Å². The monoisotopic (exact) mass is 280 g/mol. The van der Waals surface area contributed by atoms with Crippen molar-refractivity contribution in [1.29, 1.82) is 0 Å². The van der Waals surface area contributed by atoms with E-state index in [2.05, 4.69) is 20.8 Å². The molecule has 0 bridgehead atoms. The quantitative estimate of drug-likeness (QED) is 0.689. The molecule has 0 amide bonds. The molecular weight excluding hydrogens is 252 g/mol. The minimum Gasteiger partial charge on any atom is -0.469 e. The van der Waals surface area contributed by atoms with Gasteiger partial charge in [0.2, 0.25) is 0 Å². The van der Waals surface area contributed by atoms with Crippen LogP contribution in [0.5, 0.6) is 0 Å². The highest BCUT2D eigenvalue weighted by atomic mass is 16.5. The highest BCUT2D eigenvalue weighted by molar-refractivity contribution is 5.77. The fourth-order valence-electron chi connectivity index (χ4n) is 5.98. The summed E-state index contributed by atoms with van der Waals surface area (Å²) in [5.41, 5.74) is -0.0318. The van der Waals surface area contributed by atoms with E-state index in [9.17, 15) is 4.79 Å². The molecule has 0 N–H and O–H groups in total. The van der Waals surface area contributed by atoms with Crippen LogP contribution in [0.4, 0.5) is 0 Å². The van der Waals surface area contributed by atoms with Gasteiger partial charge in [0.15, 0.2) is 0 Å². The van der Waals surface area contributed by atoms with E-state index in [1.165, 1.54) is 13.5 Å². The largest absolute Gasteiger partial charge is 0.469 e. The number of methoxy groups -OCH3 is 1. The van der Waals surface area contributed by atoms with Gasteiger partial charge in [-0.25, -0.2) is 0 Å². The first-order chi connectivity index (χ1) is 9.37. The van der Waals surface area contributed by atoms with Crippen molar-refractivity contribution in [2.24, 2.45) is 22.7 Å². The number of carbonyl (C=O) groups excluding carboxylic acids is 1. The second-order valence-corrected chi connectivity index (χ2v) is 7.86. The summed E-state index contributed by atoms with van der Waals surface area (Å²) in [7, 11) is 1.53. The first-order valence-electron chi connectivity index (χ1n) is 8.09. The van der Waals surface area contributed by atoms with E-state index < -0.39 is 0 Å². The van der Waals surface area contributed by atoms with E-state index >= 15 is 0 Å². The Balaban J connectivity index is 1.98. The Bertz CT molecular complexity index is 420. The molecule has 5 atom stereocenters. The van der Waals surface area contributed by atoms with Gasteiger partial charge < -0.3 is 9.47 Å². The van der Waals surface area contributed by atoms with E-state index in [1.54, 1.807) is 0 Å². The summed E-state index contributed by atoms with van der Waals surface area (Å²) in [4.78, 5) is 12.4. The topological polar surface area (TPSA) is 35.5 Å². The van der Waals surface area contributed by atoms with Gasteiger partial charge in [-0.3, -0.25) is 4.79 Å². The van der Waals surface area contributed by atoms with Crippen molar-refractivity contribution in [3.8, 4) is 0 Å². The fraction of sp³-hybridized carbons (Fsp3) is 0.941. The zero-order valence-corrected chi connectivity index (χ0v) is 13.3. The average Bonchev–Trinajstić information content (AvgIpc) is 2.81. The molecule has 0 aromatic heterocycles. The molecule has 1 aliphatic heterocycles. The summed E-state index contributed by atoms with van der Waals surface area (Å²) in [6.07, 6.45) is 6.67. The maximum absolute atomic E-state index is 12.4. The summed E-state index contributed by atoms with van der Waals surface area (Å²) < 4.78 is 11.3. The van der Waals surface area contributed by atoms with Gasteiger partial charge in [-0.15, -0.1) is 0 Å². The predicted molar refractivity (Wildman–Crippen MR) is 77.3 cm³/mol. The Morgan fingerprint density at radius 1 is 1.10 bits per heavy atom. The zero-order valence-electron chi connectivity index (χ0n) is 13.3. The van der Waals surface area contributed by atoms with Gasteiger partial charge >= 0.3 is 5.97 Å². The third-order valence-corrected chi connectivity index (χ3v) is 6.93. The molecule has 1 saturated heterocycles. The van der Waals surface area contributed by atoms with E-state index in [-0.39, 0.29) is 22.4 Å². The van der Waals surface area contributed by atoms with Crippen molar-refractivity contribution < 1.29 is 14.3 Å². The summed E-state index contributed by atoms with van der Waals surface area (Å²) in [5, 5.41) is 0. The lowest BCUT2D eigenvalue weighted by atomic mass is 9.45. The third-order valence-electron chi connectivity index (χ3n) is 6.93. The van der Waals surface area contributed by atoms with Crippen LogP contribution in [0.15, 0.2) is 0 Å². The van der Waals surface area contributed by atoms with Gasteiger partial charge in [0.1, 0.15) is 0 Å². The molecule has 2 saturated carbocycles. The van der Waals surface area contributed by atoms with Crippen molar-refractivity contribution in [3.63, 3.8) is 0 Å². The molecule has 0 radical (unpaired) electrons. The Kier molecular flexibility index (Phi) is 3.20. The minimum atomic E-state index is -0.300. The van der Waals surface area contributed by atoms with E-state index in [4.69, 9.17) is 9.47 Å². The van der Waals surface area contributed by atoms with Gasteiger partial charge in [0.05, 0.1) is 18.1 Å². The standard InChI is InChI=1S/C17H28O3/c1-15-8-5-9-16(2,14(18)19-4)12(15)6-10-17(3)13(15)7-11-20-17/h12-13H,5-11H2,1-4H3/t12-,13-,15+,16+,17-/m1/s1. The van der Waals surface area contributed by atoms with Crippen LogP contribution in [-0.4, -0.2) is 25.3 Å². The maximum Gasteiger partial charge on any atom is 0.311 e. The second-order valence-electron chi connectivity index (χ2n) is 7.86. The van der Waals surface area contributed by atoms with E-state index in [1.807, 2.05) is 0 Å². The number of rotatable bonds is 1. The SMILES string of the molecule is COC(=O)[C@@]1(C)CCC[C@]2(C)[C@H]3CCO[C@]3(C)CC[C@H]21. The first-order valence-corrected chi connectivity index (χ1v) is 8.09. The highest BCUT2D eigenvalue weighted by Crippen LogP contribution is 2.65. The molecular formula is C17H28O3. The number of hydrogen-bond acceptors (Lipinski definition) is 3. The number of hydrogen-bond donors (Lipinski definition) is 0. The third kappa shape index (κ3) is 1.71. The molecule has 20 heavy (non-hydrogen) atoms. The van der Waals surface area contributed by atoms with Crippen molar-refractivity contribution in [2.75, 3.05) is 13.7 Å². The summed E-state index contributed by atoms with van der Waals surface area (Å²) in [6.45, 7) is 7.72.